The average molecular weight is 333 g/mol. The van der Waals surface area contributed by atoms with Crippen LogP contribution in [0, 0.1) is 6.92 Å². The van der Waals surface area contributed by atoms with E-state index in [0.717, 1.165) is 21.3 Å². The normalized spacial score (nSPS) is 10.5. The van der Waals surface area contributed by atoms with Crippen molar-refractivity contribution in [3.63, 3.8) is 0 Å². The predicted molar refractivity (Wildman–Crippen MR) is 89.2 cm³/mol. The number of aromatic nitrogens is 3. The Kier molecular flexibility index (Phi) is 4.22. The molecular weight excluding hydrogens is 320 g/mol. The molecule has 3 aromatic rings. The predicted octanol–water partition coefficient (Wildman–Crippen LogP) is 4.31. The topological polar surface area (TPSA) is 59.9 Å². The fourth-order valence-corrected chi connectivity index (χ4v) is 3.00. The Labute approximate surface area is 137 Å². The quantitative estimate of drug-likeness (QED) is 0.771. The lowest BCUT2D eigenvalue weighted by Crippen LogP contribution is -1.97. The number of nitrogens with zero attached hydrogens (tertiary/aromatic N) is 3. The van der Waals surface area contributed by atoms with Crippen molar-refractivity contribution in [2.24, 2.45) is 0 Å². The smallest absolute Gasteiger partial charge is 0.234 e. The first-order valence-corrected chi connectivity index (χ1v) is 7.72. The summed E-state index contributed by atoms with van der Waals surface area (Å²) in [5.41, 5.74) is 1.60. The molecule has 0 bridgehead atoms. The first kappa shape index (κ1) is 14.7. The van der Waals surface area contributed by atoms with Gasteiger partial charge in [-0.15, -0.1) is 11.3 Å². The Hall–Kier alpha value is -2.18. The molecular formula is C15H13ClN4OS. The van der Waals surface area contributed by atoms with Gasteiger partial charge in [0.25, 0.3) is 0 Å². The number of methoxy groups -OCH3 is 1. The van der Waals surface area contributed by atoms with Crippen LogP contribution >= 0.6 is 22.9 Å². The van der Waals surface area contributed by atoms with Crippen molar-refractivity contribution >= 4 is 34.6 Å². The maximum absolute atomic E-state index is 5.98. The Bertz CT molecular complexity index is 806. The van der Waals surface area contributed by atoms with Gasteiger partial charge in [0.05, 0.1) is 17.8 Å². The highest BCUT2D eigenvalue weighted by Gasteiger charge is 2.13. The zero-order valence-electron chi connectivity index (χ0n) is 12.0. The third-order valence-corrected chi connectivity index (χ3v) is 4.08. The van der Waals surface area contributed by atoms with E-state index < -0.39 is 0 Å². The van der Waals surface area contributed by atoms with Crippen LogP contribution in [0.25, 0.3) is 10.6 Å². The maximum Gasteiger partial charge on any atom is 0.234 e. The second kappa shape index (κ2) is 6.29. The van der Waals surface area contributed by atoms with Crippen LogP contribution in [-0.2, 0) is 0 Å². The van der Waals surface area contributed by atoms with Gasteiger partial charge in [0.2, 0.25) is 11.8 Å². The standard InChI is InChI=1S/C15H13ClN4OS/c1-9-18-14(21-2)13(22-9)12-6-7-17-15(20-12)19-11-5-3-4-10(16)8-11/h3-8H,1-2H3,(H,17,19,20). The molecule has 112 valence electrons. The van der Waals surface area contributed by atoms with Crippen LogP contribution in [0.3, 0.4) is 0 Å². The lowest BCUT2D eigenvalue weighted by atomic mass is 10.3. The summed E-state index contributed by atoms with van der Waals surface area (Å²) in [5, 5.41) is 4.72. The molecule has 1 aromatic carbocycles. The molecule has 5 nitrogen and oxygen atoms in total. The molecule has 0 unspecified atom stereocenters. The van der Waals surface area contributed by atoms with Gasteiger partial charge >= 0.3 is 0 Å². The lowest BCUT2D eigenvalue weighted by molar-refractivity contribution is 0.401. The van der Waals surface area contributed by atoms with Crippen molar-refractivity contribution in [3.8, 4) is 16.5 Å². The molecule has 7 heteroatoms. The molecule has 0 atom stereocenters. The minimum Gasteiger partial charge on any atom is -0.480 e. The molecule has 3 rings (SSSR count). The van der Waals surface area contributed by atoms with Crippen molar-refractivity contribution in [3.05, 3.63) is 46.6 Å². The Morgan fingerprint density at radius 3 is 2.86 bits per heavy atom. The van der Waals surface area contributed by atoms with Crippen molar-refractivity contribution in [1.82, 2.24) is 15.0 Å². The van der Waals surface area contributed by atoms with Crippen molar-refractivity contribution in [2.45, 2.75) is 6.92 Å². The zero-order chi connectivity index (χ0) is 15.5. The van der Waals surface area contributed by atoms with Crippen LogP contribution in [0.1, 0.15) is 5.01 Å². The Morgan fingerprint density at radius 1 is 1.23 bits per heavy atom. The fraction of sp³-hybridized carbons (Fsp3) is 0.133. The molecule has 2 heterocycles. The number of ether oxygens (including phenoxy) is 1. The second-order valence-corrected chi connectivity index (χ2v) is 6.11. The molecule has 22 heavy (non-hydrogen) atoms. The summed E-state index contributed by atoms with van der Waals surface area (Å²) < 4.78 is 5.30. The van der Waals surface area contributed by atoms with Gasteiger partial charge in [-0.3, -0.25) is 0 Å². The third kappa shape index (κ3) is 3.18. The summed E-state index contributed by atoms with van der Waals surface area (Å²) in [6.07, 6.45) is 1.70. The summed E-state index contributed by atoms with van der Waals surface area (Å²) >= 11 is 7.51. The van der Waals surface area contributed by atoms with Gasteiger partial charge in [0, 0.05) is 16.9 Å². The largest absolute Gasteiger partial charge is 0.480 e. The number of halogens is 1. The van der Waals surface area contributed by atoms with Crippen molar-refractivity contribution in [1.29, 1.82) is 0 Å². The molecule has 1 N–H and O–H groups in total. The number of benzene rings is 1. The van der Waals surface area contributed by atoms with Crippen LogP contribution in [-0.4, -0.2) is 22.1 Å². The highest BCUT2D eigenvalue weighted by molar-refractivity contribution is 7.15. The van der Waals surface area contributed by atoms with E-state index in [0.29, 0.717) is 16.9 Å². The van der Waals surface area contributed by atoms with Gasteiger partial charge < -0.3 is 10.1 Å². The van der Waals surface area contributed by atoms with E-state index >= 15 is 0 Å². The van der Waals surface area contributed by atoms with E-state index in [1.54, 1.807) is 13.3 Å². The molecule has 0 saturated heterocycles. The van der Waals surface area contributed by atoms with Gasteiger partial charge in [-0.2, -0.15) is 0 Å². The number of thiazole rings is 1. The number of rotatable bonds is 4. The summed E-state index contributed by atoms with van der Waals surface area (Å²) in [6.45, 7) is 1.93. The van der Waals surface area contributed by atoms with E-state index in [1.165, 1.54) is 11.3 Å². The van der Waals surface area contributed by atoms with Crippen molar-refractivity contribution in [2.75, 3.05) is 12.4 Å². The lowest BCUT2D eigenvalue weighted by Gasteiger charge is -2.06. The Morgan fingerprint density at radius 2 is 2.09 bits per heavy atom. The maximum atomic E-state index is 5.98. The van der Waals surface area contributed by atoms with Gasteiger partial charge in [-0.05, 0) is 31.2 Å². The molecule has 2 aromatic heterocycles. The van der Waals surface area contributed by atoms with Crippen LogP contribution in [0.5, 0.6) is 5.88 Å². The summed E-state index contributed by atoms with van der Waals surface area (Å²) in [5.74, 6) is 1.07. The molecule has 0 amide bonds. The number of anilines is 2. The first-order valence-electron chi connectivity index (χ1n) is 6.53. The first-order chi connectivity index (χ1) is 10.7. The minimum atomic E-state index is 0.493. The molecule has 0 aliphatic heterocycles. The summed E-state index contributed by atoms with van der Waals surface area (Å²) in [7, 11) is 1.60. The molecule has 0 aliphatic carbocycles. The monoisotopic (exact) mass is 332 g/mol. The van der Waals surface area contributed by atoms with E-state index in [9.17, 15) is 0 Å². The summed E-state index contributed by atoms with van der Waals surface area (Å²) in [4.78, 5) is 14.0. The van der Waals surface area contributed by atoms with E-state index in [-0.39, 0.29) is 0 Å². The molecule has 0 spiro atoms. The fourth-order valence-electron chi connectivity index (χ4n) is 1.95. The average Bonchev–Trinajstić information content (AvgIpc) is 2.89. The minimum absolute atomic E-state index is 0.493. The molecule has 0 aliphatic rings. The third-order valence-electron chi connectivity index (χ3n) is 2.87. The van der Waals surface area contributed by atoms with Crippen LogP contribution in [0.2, 0.25) is 5.02 Å². The second-order valence-electron chi connectivity index (χ2n) is 4.47. The number of hydrogen-bond donors (Lipinski definition) is 1. The zero-order valence-corrected chi connectivity index (χ0v) is 13.6. The van der Waals surface area contributed by atoms with Gasteiger partial charge in [-0.25, -0.2) is 15.0 Å². The van der Waals surface area contributed by atoms with E-state index in [1.807, 2.05) is 37.3 Å². The van der Waals surface area contributed by atoms with Crippen molar-refractivity contribution < 1.29 is 4.74 Å². The summed E-state index contributed by atoms with van der Waals surface area (Å²) in [6, 6.07) is 9.23. The van der Waals surface area contributed by atoms with E-state index in [2.05, 4.69) is 20.3 Å². The highest BCUT2D eigenvalue weighted by atomic mass is 35.5. The SMILES string of the molecule is COc1nc(C)sc1-c1ccnc(Nc2cccc(Cl)c2)n1. The van der Waals surface area contributed by atoms with Gasteiger partial charge in [-0.1, -0.05) is 17.7 Å². The van der Waals surface area contributed by atoms with Crippen LogP contribution in [0.15, 0.2) is 36.5 Å². The molecule has 0 fully saturated rings. The van der Waals surface area contributed by atoms with Gasteiger partial charge in [0.15, 0.2) is 0 Å². The number of nitrogens with one attached hydrogen (secondary N) is 1. The Balaban J connectivity index is 1.92. The van der Waals surface area contributed by atoms with Crippen LogP contribution in [0.4, 0.5) is 11.6 Å². The van der Waals surface area contributed by atoms with E-state index in [4.69, 9.17) is 16.3 Å². The van der Waals surface area contributed by atoms with Gasteiger partial charge in [0.1, 0.15) is 4.88 Å². The number of aryl methyl sites for hydroxylation is 1. The molecule has 0 radical (unpaired) electrons. The van der Waals surface area contributed by atoms with Crippen LogP contribution < -0.4 is 10.1 Å². The highest BCUT2D eigenvalue weighted by Crippen LogP contribution is 2.34. The number of hydrogen-bond acceptors (Lipinski definition) is 6. The molecule has 0 saturated carbocycles.